The van der Waals surface area contributed by atoms with Crippen LogP contribution in [0.2, 0.25) is 5.02 Å². The molecule has 1 aliphatic carbocycles. The third kappa shape index (κ3) is 2.15. The van der Waals surface area contributed by atoms with Crippen molar-refractivity contribution in [3.05, 3.63) is 34.9 Å². The molecule has 1 saturated carbocycles. The summed E-state index contributed by atoms with van der Waals surface area (Å²) in [4.78, 5) is 11.0. The molecule has 0 heterocycles. The number of halogens is 1. The van der Waals surface area contributed by atoms with Crippen molar-refractivity contribution < 1.29 is 9.90 Å². The smallest absolute Gasteiger partial charge is 0.309 e. The zero-order valence-electron chi connectivity index (χ0n) is 8.37. The van der Waals surface area contributed by atoms with E-state index in [9.17, 15) is 4.79 Å². The van der Waals surface area contributed by atoms with E-state index in [2.05, 4.69) is 0 Å². The van der Waals surface area contributed by atoms with Crippen LogP contribution < -0.4 is 0 Å². The molecule has 1 fully saturated rings. The van der Waals surface area contributed by atoms with Gasteiger partial charge < -0.3 is 5.11 Å². The normalized spacial score (nSPS) is 17.4. The Kier molecular flexibility index (Phi) is 2.70. The summed E-state index contributed by atoms with van der Waals surface area (Å²) < 4.78 is 0. The van der Waals surface area contributed by atoms with Crippen LogP contribution >= 0.6 is 11.6 Å². The van der Waals surface area contributed by atoms with Crippen molar-refractivity contribution >= 4 is 17.6 Å². The number of hydrogen-bond donors (Lipinski definition) is 1. The number of benzene rings is 1. The molecule has 1 N–H and O–H groups in total. The maximum absolute atomic E-state index is 11.0. The molecule has 0 aliphatic heterocycles. The van der Waals surface area contributed by atoms with Crippen LogP contribution in [0.15, 0.2) is 24.3 Å². The Morgan fingerprint density at radius 1 is 1.40 bits per heavy atom. The van der Waals surface area contributed by atoms with Crippen LogP contribution in [0, 0.1) is 5.41 Å². The van der Waals surface area contributed by atoms with E-state index in [4.69, 9.17) is 16.7 Å². The van der Waals surface area contributed by atoms with Gasteiger partial charge in [0.05, 0.1) is 5.41 Å². The van der Waals surface area contributed by atoms with Crippen molar-refractivity contribution in [2.45, 2.75) is 25.7 Å². The molecule has 0 spiro atoms. The van der Waals surface area contributed by atoms with Gasteiger partial charge >= 0.3 is 5.97 Å². The van der Waals surface area contributed by atoms with Gasteiger partial charge in [-0.3, -0.25) is 4.79 Å². The molecule has 2 nitrogen and oxygen atoms in total. The molecule has 0 unspecified atom stereocenters. The average molecular weight is 225 g/mol. The first kappa shape index (κ1) is 10.5. The Morgan fingerprint density at radius 2 is 2.07 bits per heavy atom. The van der Waals surface area contributed by atoms with Gasteiger partial charge in [0.1, 0.15) is 0 Å². The van der Waals surface area contributed by atoms with Crippen molar-refractivity contribution in [1.82, 2.24) is 0 Å². The molecule has 2 rings (SSSR count). The highest BCUT2D eigenvalue weighted by Crippen LogP contribution is 2.49. The monoisotopic (exact) mass is 224 g/mol. The first-order chi connectivity index (χ1) is 7.14. The molecule has 1 aromatic carbocycles. The maximum atomic E-state index is 11.0. The van der Waals surface area contributed by atoms with Crippen LogP contribution in [0.1, 0.15) is 24.8 Å². The molecule has 0 bridgehead atoms. The van der Waals surface area contributed by atoms with Gasteiger partial charge in [0.2, 0.25) is 0 Å². The molecule has 0 radical (unpaired) electrons. The second-order valence-corrected chi connectivity index (χ2v) is 4.58. The summed E-state index contributed by atoms with van der Waals surface area (Å²) in [5.41, 5.74) is 0.603. The van der Waals surface area contributed by atoms with E-state index in [1.807, 2.05) is 24.3 Å². The molecule has 0 aromatic heterocycles. The van der Waals surface area contributed by atoms with Crippen LogP contribution in [0.5, 0.6) is 0 Å². The lowest BCUT2D eigenvalue weighted by atomic mass is 9.97. The lowest BCUT2D eigenvalue weighted by Gasteiger charge is -2.09. The second kappa shape index (κ2) is 3.86. The van der Waals surface area contributed by atoms with Crippen LogP contribution in [-0.4, -0.2) is 11.1 Å². The fraction of sp³-hybridized carbons (Fsp3) is 0.417. The van der Waals surface area contributed by atoms with E-state index < -0.39 is 11.4 Å². The average Bonchev–Trinajstić information content (AvgIpc) is 2.98. The molecular formula is C12H13ClO2. The highest BCUT2D eigenvalue weighted by molar-refractivity contribution is 6.31. The molecular weight excluding hydrogens is 212 g/mol. The van der Waals surface area contributed by atoms with Crippen molar-refractivity contribution in [3.63, 3.8) is 0 Å². The minimum Gasteiger partial charge on any atom is -0.481 e. The predicted octanol–water partition coefficient (Wildman–Crippen LogP) is 3.14. The van der Waals surface area contributed by atoms with E-state index in [1.54, 1.807) is 0 Å². The van der Waals surface area contributed by atoms with Crippen molar-refractivity contribution in [2.75, 3.05) is 0 Å². The van der Waals surface area contributed by atoms with Gasteiger partial charge in [0.15, 0.2) is 0 Å². The molecule has 0 amide bonds. The molecule has 15 heavy (non-hydrogen) atoms. The van der Waals surface area contributed by atoms with Crippen LogP contribution in [0.4, 0.5) is 0 Å². The molecule has 80 valence electrons. The summed E-state index contributed by atoms with van der Waals surface area (Å²) in [6.07, 6.45) is 3.08. The topological polar surface area (TPSA) is 37.3 Å². The minimum atomic E-state index is -0.658. The highest BCUT2D eigenvalue weighted by Gasteiger charge is 2.49. The van der Waals surface area contributed by atoms with Crippen molar-refractivity contribution in [3.8, 4) is 0 Å². The number of carbonyl (C=O) groups is 1. The Balaban J connectivity index is 2.00. The lowest BCUT2D eigenvalue weighted by Crippen LogP contribution is -2.15. The third-order valence-corrected chi connectivity index (χ3v) is 3.51. The Morgan fingerprint density at radius 3 is 2.60 bits per heavy atom. The Labute approximate surface area is 93.9 Å². The van der Waals surface area contributed by atoms with Crippen molar-refractivity contribution in [1.29, 1.82) is 0 Å². The van der Waals surface area contributed by atoms with Gasteiger partial charge in [-0.15, -0.1) is 0 Å². The van der Waals surface area contributed by atoms with E-state index in [0.29, 0.717) is 6.42 Å². The summed E-state index contributed by atoms with van der Waals surface area (Å²) in [6, 6.07) is 7.62. The van der Waals surface area contributed by atoms with E-state index in [-0.39, 0.29) is 0 Å². The molecule has 3 heteroatoms. The highest BCUT2D eigenvalue weighted by atomic mass is 35.5. The van der Waals surface area contributed by atoms with Gasteiger partial charge in [-0.05, 0) is 37.3 Å². The van der Waals surface area contributed by atoms with Gasteiger partial charge in [0.25, 0.3) is 0 Å². The standard InChI is InChI=1S/C12H13ClO2/c13-10-4-2-1-3-9(10)5-6-12(7-8-12)11(14)15/h1-4H,5-8H2,(H,14,15). The summed E-state index contributed by atoms with van der Waals surface area (Å²) in [5.74, 6) is -0.658. The number of carboxylic acids is 1. The lowest BCUT2D eigenvalue weighted by molar-refractivity contribution is -0.143. The number of rotatable bonds is 4. The fourth-order valence-corrected chi connectivity index (χ4v) is 2.03. The molecule has 0 saturated heterocycles. The first-order valence-electron chi connectivity index (χ1n) is 5.11. The number of aliphatic carboxylic acids is 1. The van der Waals surface area contributed by atoms with Crippen molar-refractivity contribution in [2.24, 2.45) is 5.41 Å². The first-order valence-corrected chi connectivity index (χ1v) is 5.49. The number of aryl methyl sites for hydroxylation is 1. The van der Waals surface area contributed by atoms with Gasteiger partial charge in [-0.1, -0.05) is 29.8 Å². The Hall–Kier alpha value is -1.02. The molecule has 1 aliphatic rings. The summed E-state index contributed by atoms with van der Waals surface area (Å²) in [5, 5.41) is 9.75. The number of carboxylic acid groups (broad SMARTS) is 1. The van der Waals surface area contributed by atoms with Crippen LogP contribution in [0.3, 0.4) is 0 Å². The molecule has 1 aromatic rings. The zero-order valence-corrected chi connectivity index (χ0v) is 9.13. The van der Waals surface area contributed by atoms with E-state index in [0.717, 1.165) is 29.8 Å². The quantitative estimate of drug-likeness (QED) is 0.853. The Bertz CT molecular complexity index is 383. The van der Waals surface area contributed by atoms with Gasteiger partial charge in [-0.25, -0.2) is 0 Å². The SMILES string of the molecule is O=C(O)C1(CCc2ccccc2Cl)CC1. The van der Waals surface area contributed by atoms with Gasteiger partial charge in [0, 0.05) is 5.02 Å². The van der Waals surface area contributed by atoms with E-state index >= 15 is 0 Å². The summed E-state index contributed by atoms with van der Waals surface area (Å²) in [7, 11) is 0. The number of hydrogen-bond acceptors (Lipinski definition) is 1. The fourth-order valence-electron chi connectivity index (χ4n) is 1.80. The zero-order chi connectivity index (χ0) is 10.9. The second-order valence-electron chi connectivity index (χ2n) is 4.18. The molecule has 0 atom stereocenters. The minimum absolute atomic E-state index is 0.445. The van der Waals surface area contributed by atoms with Gasteiger partial charge in [-0.2, -0.15) is 0 Å². The summed E-state index contributed by atoms with van der Waals surface area (Å²) in [6.45, 7) is 0. The predicted molar refractivity (Wildman–Crippen MR) is 59.1 cm³/mol. The third-order valence-electron chi connectivity index (χ3n) is 3.14. The van der Waals surface area contributed by atoms with Crippen LogP contribution in [0.25, 0.3) is 0 Å². The van der Waals surface area contributed by atoms with E-state index in [1.165, 1.54) is 0 Å². The maximum Gasteiger partial charge on any atom is 0.309 e. The largest absolute Gasteiger partial charge is 0.481 e. The van der Waals surface area contributed by atoms with Crippen LogP contribution in [-0.2, 0) is 11.2 Å². The summed E-state index contributed by atoms with van der Waals surface area (Å²) >= 11 is 6.01.